The maximum atomic E-state index is 5.95. The summed E-state index contributed by atoms with van der Waals surface area (Å²) in [5.41, 5.74) is 0. The maximum absolute atomic E-state index is 5.95. The SMILES string of the molecule is CO[Si](CCC1CC2CC1C1C3CC(C4OC34)C21)(OC)OC. The van der Waals surface area contributed by atoms with Crippen molar-refractivity contribution in [2.45, 2.75) is 43.9 Å². The average Bonchev–Trinajstić information content (AvgIpc) is 2.91. The van der Waals surface area contributed by atoms with Crippen LogP contribution in [0.1, 0.15) is 25.7 Å². The topological polar surface area (TPSA) is 40.2 Å². The Balaban J connectivity index is 1.28. The largest absolute Gasteiger partial charge is 0.500 e. The molecule has 5 aliphatic rings. The van der Waals surface area contributed by atoms with Gasteiger partial charge in [-0.1, -0.05) is 0 Å². The third kappa shape index (κ3) is 1.72. The highest BCUT2D eigenvalue weighted by Gasteiger charge is 2.73. The molecule has 1 aliphatic heterocycles. The fourth-order valence-corrected chi connectivity index (χ4v) is 9.07. The van der Waals surface area contributed by atoms with E-state index in [9.17, 15) is 0 Å². The Kier molecular flexibility index (Phi) is 3.14. The van der Waals surface area contributed by atoms with Crippen molar-refractivity contribution in [1.82, 2.24) is 0 Å². The van der Waals surface area contributed by atoms with Gasteiger partial charge in [0.05, 0.1) is 12.2 Å². The molecule has 1 saturated heterocycles. The second kappa shape index (κ2) is 4.79. The first-order valence-electron chi connectivity index (χ1n) is 9.02. The summed E-state index contributed by atoms with van der Waals surface area (Å²) in [6, 6.07) is 0.971. The molecule has 4 nitrogen and oxygen atoms in total. The summed E-state index contributed by atoms with van der Waals surface area (Å²) in [5, 5.41) is 0. The summed E-state index contributed by atoms with van der Waals surface area (Å²) < 4.78 is 22.8. The molecule has 1 heterocycles. The molecule has 9 atom stereocenters. The van der Waals surface area contributed by atoms with Crippen molar-refractivity contribution in [3.8, 4) is 0 Å². The summed E-state index contributed by atoms with van der Waals surface area (Å²) in [7, 11) is 2.81. The van der Waals surface area contributed by atoms with E-state index in [1.807, 2.05) is 0 Å². The zero-order chi connectivity index (χ0) is 15.1. The van der Waals surface area contributed by atoms with Crippen molar-refractivity contribution < 1.29 is 18.0 Å². The predicted octanol–water partition coefficient (Wildman–Crippen LogP) is 2.56. The molecular weight excluding hydrogens is 296 g/mol. The normalized spacial score (nSPS) is 53.9. The van der Waals surface area contributed by atoms with E-state index in [2.05, 4.69) is 0 Å². The van der Waals surface area contributed by atoms with E-state index in [0.717, 1.165) is 47.5 Å². The number of hydrogen-bond donors (Lipinski definition) is 0. The fourth-order valence-electron chi connectivity index (χ4n) is 7.24. The molecule has 4 saturated carbocycles. The lowest BCUT2D eigenvalue weighted by Crippen LogP contribution is -2.43. The highest BCUT2D eigenvalue weighted by Crippen LogP contribution is 2.73. The smallest absolute Gasteiger partial charge is 0.377 e. The summed E-state index contributed by atoms with van der Waals surface area (Å²) in [4.78, 5) is 0. The maximum Gasteiger partial charge on any atom is 0.500 e. The van der Waals surface area contributed by atoms with Crippen LogP contribution in [0.5, 0.6) is 0 Å². The van der Waals surface area contributed by atoms with E-state index >= 15 is 0 Å². The Morgan fingerprint density at radius 1 is 0.864 bits per heavy atom. The molecule has 0 amide bonds. The zero-order valence-electron chi connectivity index (χ0n) is 13.9. The van der Waals surface area contributed by atoms with Gasteiger partial charge in [0.1, 0.15) is 0 Å². The quantitative estimate of drug-likeness (QED) is 0.428. The van der Waals surface area contributed by atoms with Crippen molar-refractivity contribution in [3.05, 3.63) is 0 Å². The first-order chi connectivity index (χ1) is 10.7. The van der Waals surface area contributed by atoms with E-state index in [-0.39, 0.29) is 0 Å². The molecule has 0 radical (unpaired) electrons. The van der Waals surface area contributed by atoms with Gasteiger partial charge in [0, 0.05) is 27.4 Å². The highest BCUT2D eigenvalue weighted by atomic mass is 28.4. The van der Waals surface area contributed by atoms with Crippen LogP contribution in [0, 0.1) is 41.4 Å². The molecule has 0 aromatic heterocycles. The molecule has 0 aromatic rings. The number of fused-ring (bicyclic) bond motifs is 12. The lowest BCUT2D eigenvalue weighted by Gasteiger charge is -2.38. The van der Waals surface area contributed by atoms with E-state index < -0.39 is 8.80 Å². The van der Waals surface area contributed by atoms with Gasteiger partial charge in [-0.25, -0.2) is 0 Å². The van der Waals surface area contributed by atoms with Gasteiger partial charge in [0.15, 0.2) is 0 Å². The van der Waals surface area contributed by atoms with Gasteiger partial charge in [-0.15, -0.1) is 0 Å². The molecule has 22 heavy (non-hydrogen) atoms. The molecule has 0 aromatic carbocycles. The minimum Gasteiger partial charge on any atom is -0.377 e. The first-order valence-corrected chi connectivity index (χ1v) is 11.0. The van der Waals surface area contributed by atoms with Crippen molar-refractivity contribution in [1.29, 1.82) is 0 Å². The molecule has 124 valence electrons. The Labute approximate surface area is 134 Å². The second-order valence-electron chi connectivity index (χ2n) is 8.27. The zero-order valence-corrected chi connectivity index (χ0v) is 14.9. The molecule has 4 bridgehead atoms. The molecule has 5 rings (SSSR count). The highest BCUT2D eigenvalue weighted by molar-refractivity contribution is 6.60. The number of ether oxygens (including phenoxy) is 1. The van der Waals surface area contributed by atoms with Crippen molar-refractivity contribution in [2.75, 3.05) is 21.3 Å². The molecule has 0 spiro atoms. The minimum atomic E-state index is -2.39. The van der Waals surface area contributed by atoms with Gasteiger partial charge in [0.2, 0.25) is 0 Å². The van der Waals surface area contributed by atoms with Crippen LogP contribution < -0.4 is 0 Å². The molecule has 5 fully saturated rings. The molecule has 4 aliphatic carbocycles. The molecular formula is C17H28O4Si. The Bertz CT molecular complexity index is 459. The second-order valence-corrected chi connectivity index (χ2v) is 11.4. The van der Waals surface area contributed by atoms with E-state index in [4.69, 9.17) is 18.0 Å². The molecule has 9 unspecified atom stereocenters. The van der Waals surface area contributed by atoms with Crippen molar-refractivity contribution in [2.24, 2.45) is 41.4 Å². The molecule has 0 N–H and O–H groups in total. The van der Waals surface area contributed by atoms with Crippen LogP contribution in [0.3, 0.4) is 0 Å². The lowest BCUT2D eigenvalue weighted by atomic mass is 9.67. The van der Waals surface area contributed by atoms with Gasteiger partial charge >= 0.3 is 8.80 Å². The van der Waals surface area contributed by atoms with Gasteiger partial charge in [-0.2, -0.15) is 0 Å². The van der Waals surface area contributed by atoms with Crippen LogP contribution in [0.4, 0.5) is 0 Å². The van der Waals surface area contributed by atoms with Crippen molar-refractivity contribution >= 4 is 8.80 Å². The lowest BCUT2D eigenvalue weighted by molar-refractivity contribution is 0.100. The summed E-state index contributed by atoms with van der Waals surface area (Å²) in [5.74, 6) is 6.66. The number of rotatable bonds is 6. The van der Waals surface area contributed by atoms with E-state index in [1.54, 1.807) is 21.3 Å². The fraction of sp³-hybridized carbons (Fsp3) is 1.00. The summed E-state index contributed by atoms with van der Waals surface area (Å²) in [6.45, 7) is 0. The Hall–Kier alpha value is 0.0569. The van der Waals surface area contributed by atoms with E-state index in [1.165, 1.54) is 25.7 Å². The van der Waals surface area contributed by atoms with Gasteiger partial charge in [-0.3, -0.25) is 0 Å². The Morgan fingerprint density at radius 2 is 1.55 bits per heavy atom. The average molecular weight is 324 g/mol. The predicted molar refractivity (Wildman–Crippen MR) is 83.1 cm³/mol. The first kappa shape index (κ1) is 14.4. The van der Waals surface area contributed by atoms with Gasteiger partial charge in [-0.05, 0) is 67.1 Å². The molecule has 5 heteroatoms. The monoisotopic (exact) mass is 324 g/mol. The van der Waals surface area contributed by atoms with Crippen LogP contribution >= 0.6 is 0 Å². The van der Waals surface area contributed by atoms with E-state index in [0.29, 0.717) is 12.2 Å². The van der Waals surface area contributed by atoms with Crippen LogP contribution in [-0.2, 0) is 18.0 Å². The Morgan fingerprint density at radius 3 is 2.23 bits per heavy atom. The summed E-state index contributed by atoms with van der Waals surface area (Å²) >= 11 is 0. The number of hydrogen-bond acceptors (Lipinski definition) is 4. The van der Waals surface area contributed by atoms with Gasteiger partial charge in [0.25, 0.3) is 0 Å². The van der Waals surface area contributed by atoms with Gasteiger partial charge < -0.3 is 18.0 Å². The van der Waals surface area contributed by atoms with Crippen molar-refractivity contribution in [3.63, 3.8) is 0 Å². The van der Waals surface area contributed by atoms with Crippen LogP contribution in [0.25, 0.3) is 0 Å². The minimum absolute atomic E-state index is 0.664. The van der Waals surface area contributed by atoms with Crippen LogP contribution in [-0.4, -0.2) is 42.3 Å². The van der Waals surface area contributed by atoms with Crippen LogP contribution in [0.2, 0.25) is 6.04 Å². The number of epoxide rings is 1. The summed E-state index contributed by atoms with van der Waals surface area (Å²) in [6.07, 6.45) is 6.98. The standard InChI is InChI=1S/C17H28O4Si/c1-18-22(19-2,20-3)5-4-9-6-10-7-11(9)15-13-8-12(14(10)15)16-17(13)21-16/h9-17H,4-8H2,1-3H3. The van der Waals surface area contributed by atoms with Crippen LogP contribution in [0.15, 0.2) is 0 Å². The third-order valence-corrected chi connectivity index (χ3v) is 10.7. The third-order valence-electron chi connectivity index (χ3n) is 7.96.